The third-order valence-corrected chi connectivity index (χ3v) is 4.50. The zero-order chi connectivity index (χ0) is 16.7. The quantitative estimate of drug-likeness (QED) is 0.832. The number of benzene rings is 1. The van der Waals surface area contributed by atoms with E-state index in [4.69, 9.17) is 27.9 Å². The number of esters is 1. The van der Waals surface area contributed by atoms with Gasteiger partial charge in [0.15, 0.2) is 0 Å². The van der Waals surface area contributed by atoms with Crippen LogP contribution in [-0.4, -0.2) is 22.9 Å². The normalized spacial score (nSPS) is 16.8. The van der Waals surface area contributed by atoms with Crippen molar-refractivity contribution in [3.05, 3.63) is 56.8 Å². The molecule has 3 rings (SSSR count). The molecule has 1 aliphatic rings. The second-order valence-corrected chi connectivity index (χ2v) is 6.16. The summed E-state index contributed by atoms with van der Waals surface area (Å²) in [6.45, 7) is 3.73. The van der Waals surface area contributed by atoms with Crippen molar-refractivity contribution in [2.45, 2.75) is 19.9 Å². The van der Waals surface area contributed by atoms with Gasteiger partial charge in [0.25, 0.3) is 0 Å². The van der Waals surface area contributed by atoms with Crippen molar-refractivity contribution < 1.29 is 9.53 Å². The maximum absolute atomic E-state index is 12.3. The molecule has 1 atom stereocenters. The predicted octanol–water partition coefficient (Wildman–Crippen LogP) is 3.96. The number of hydrogen-bond acceptors (Lipinski definition) is 4. The van der Waals surface area contributed by atoms with Gasteiger partial charge in [-0.1, -0.05) is 29.3 Å². The molecule has 1 N–H and O–H groups in total. The van der Waals surface area contributed by atoms with Crippen LogP contribution in [0.25, 0.3) is 0 Å². The van der Waals surface area contributed by atoms with Crippen molar-refractivity contribution in [3.63, 3.8) is 0 Å². The first kappa shape index (κ1) is 15.9. The summed E-state index contributed by atoms with van der Waals surface area (Å²) in [7, 11) is 1.36. The molecule has 1 aliphatic heterocycles. The van der Waals surface area contributed by atoms with Crippen LogP contribution in [0.1, 0.15) is 24.2 Å². The Labute approximate surface area is 143 Å². The van der Waals surface area contributed by atoms with E-state index in [1.54, 1.807) is 16.8 Å². The molecule has 0 spiro atoms. The van der Waals surface area contributed by atoms with E-state index in [0.29, 0.717) is 15.6 Å². The number of aryl methyl sites for hydroxylation is 1. The standard InChI is InChI=1S/C16H15Cl2N3O2/c1-8-6-13-19-9(2)14(16(22)23-3)15(21(13)20-8)10-4-5-11(17)12(18)7-10/h4-7,15,19H,1-3H3. The van der Waals surface area contributed by atoms with Gasteiger partial charge in [0.05, 0.1) is 28.4 Å². The molecule has 2 aromatic rings. The second-order valence-electron chi connectivity index (χ2n) is 5.35. The van der Waals surface area contributed by atoms with Crippen molar-refractivity contribution in [1.29, 1.82) is 0 Å². The van der Waals surface area contributed by atoms with E-state index in [-0.39, 0.29) is 0 Å². The summed E-state index contributed by atoms with van der Waals surface area (Å²) in [6, 6.07) is 6.78. The van der Waals surface area contributed by atoms with E-state index >= 15 is 0 Å². The van der Waals surface area contributed by atoms with Crippen LogP contribution in [0.5, 0.6) is 0 Å². The average molecular weight is 352 g/mol. The van der Waals surface area contributed by atoms with Crippen molar-refractivity contribution in [1.82, 2.24) is 9.78 Å². The van der Waals surface area contributed by atoms with Gasteiger partial charge >= 0.3 is 5.97 Å². The van der Waals surface area contributed by atoms with Gasteiger partial charge in [-0.3, -0.25) is 0 Å². The number of anilines is 1. The molecule has 23 heavy (non-hydrogen) atoms. The average Bonchev–Trinajstić information content (AvgIpc) is 2.87. The fraction of sp³-hybridized carbons (Fsp3) is 0.250. The van der Waals surface area contributed by atoms with Crippen molar-refractivity contribution >= 4 is 35.0 Å². The Morgan fingerprint density at radius 3 is 2.65 bits per heavy atom. The third-order valence-electron chi connectivity index (χ3n) is 3.76. The Bertz CT molecular complexity index is 827. The fourth-order valence-corrected chi connectivity index (χ4v) is 3.07. The van der Waals surface area contributed by atoms with Crippen LogP contribution >= 0.6 is 23.2 Å². The summed E-state index contributed by atoms with van der Waals surface area (Å²) in [4.78, 5) is 12.3. The zero-order valence-corrected chi connectivity index (χ0v) is 14.4. The number of halogens is 2. The number of fused-ring (bicyclic) bond motifs is 1. The molecule has 0 radical (unpaired) electrons. The van der Waals surface area contributed by atoms with E-state index in [2.05, 4.69) is 10.4 Å². The number of carbonyl (C=O) groups is 1. The highest BCUT2D eigenvalue weighted by Gasteiger charge is 2.33. The minimum Gasteiger partial charge on any atom is -0.466 e. The fourth-order valence-electron chi connectivity index (χ4n) is 2.76. The summed E-state index contributed by atoms with van der Waals surface area (Å²) in [5.41, 5.74) is 2.86. The van der Waals surface area contributed by atoms with E-state index in [9.17, 15) is 4.79 Å². The van der Waals surface area contributed by atoms with E-state index in [1.807, 2.05) is 26.0 Å². The molecule has 1 aromatic carbocycles. The van der Waals surface area contributed by atoms with Gasteiger partial charge in [0.1, 0.15) is 11.9 Å². The molecule has 0 bridgehead atoms. The molecular formula is C16H15Cl2N3O2. The number of hydrogen-bond donors (Lipinski definition) is 1. The smallest absolute Gasteiger partial charge is 0.338 e. The molecule has 0 amide bonds. The first-order chi connectivity index (χ1) is 10.9. The van der Waals surface area contributed by atoms with Crippen molar-refractivity contribution in [2.75, 3.05) is 12.4 Å². The molecule has 5 nitrogen and oxygen atoms in total. The van der Waals surface area contributed by atoms with Gasteiger partial charge in [-0.15, -0.1) is 0 Å². The van der Waals surface area contributed by atoms with Gasteiger partial charge < -0.3 is 10.1 Å². The van der Waals surface area contributed by atoms with E-state index in [0.717, 1.165) is 22.8 Å². The number of nitrogens with one attached hydrogen (secondary N) is 1. The lowest BCUT2D eigenvalue weighted by molar-refractivity contribution is -0.136. The first-order valence-corrected chi connectivity index (χ1v) is 7.75. The van der Waals surface area contributed by atoms with Crippen LogP contribution < -0.4 is 5.32 Å². The van der Waals surface area contributed by atoms with Crippen LogP contribution in [-0.2, 0) is 9.53 Å². The number of carbonyl (C=O) groups excluding carboxylic acids is 1. The predicted molar refractivity (Wildman–Crippen MR) is 89.9 cm³/mol. The van der Waals surface area contributed by atoms with Crippen LogP contribution in [0.2, 0.25) is 10.0 Å². The largest absolute Gasteiger partial charge is 0.466 e. The monoisotopic (exact) mass is 351 g/mol. The first-order valence-electron chi connectivity index (χ1n) is 6.99. The lowest BCUT2D eigenvalue weighted by atomic mass is 9.95. The number of allylic oxidation sites excluding steroid dienone is 1. The topological polar surface area (TPSA) is 56.1 Å². The summed E-state index contributed by atoms with van der Waals surface area (Å²) >= 11 is 12.2. The van der Waals surface area contributed by atoms with Gasteiger partial charge in [0, 0.05) is 11.8 Å². The Morgan fingerprint density at radius 1 is 1.26 bits per heavy atom. The van der Waals surface area contributed by atoms with Crippen molar-refractivity contribution in [3.8, 4) is 0 Å². The van der Waals surface area contributed by atoms with Crippen molar-refractivity contribution in [2.24, 2.45) is 0 Å². The Balaban J connectivity index is 2.22. The number of nitrogens with zero attached hydrogens (tertiary/aromatic N) is 2. The summed E-state index contributed by atoms with van der Waals surface area (Å²) < 4.78 is 6.71. The molecule has 1 aromatic heterocycles. The molecule has 1 unspecified atom stereocenters. The van der Waals surface area contributed by atoms with Gasteiger partial charge in [-0.2, -0.15) is 5.10 Å². The molecule has 0 fully saturated rings. The van der Waals surface area contributed by atoms with Gasteiger partial charge in [-0.25, -0.2) is 9.48 Å². The number of methoxy groups -OCH3 is 1. The lowest BCUT2D eigenvalue weighted by Crippen LogP contribution is -2.29. The molecule has 0 aliphatic carbocycles. The minimum atomic E-state index is -0.429. The number of aromatic nitrogens is 2. The molecular weight excluding hydrogens is 337 g/mol. The zero-order valence-electron chi connectivity index (χ0n) is 12.9. The summed E-state index contributed by atoms with van der Waals surface area (Å²) in [5.74, 6) is 0.397. The van der Waals surface area contributed by atoms with Crippen LogP contribution in [0.3, 0.4) is 0 Å². The maximum atomic E-state index is 12.3. The SMILES string of the molecule is COC(=O)C1=C(C)Nc2cc(C)nn2C1c1ccc(Cl)c(Cl)c1. The van der Waals surface area contributed by atoms with Crippen LogP contribution in [0, 0.1) is 6.92 Å². The maximum Gasteiger partial charge on any atom is 0.338 e. The van der Waals surface area contributed by atoms with E-state index in [1.165, 1.54) is 7.11 Å². The highest BCUT2D eigenvalue weighted by atomic mass is 35.5. The summed E-state index contributed by atoms with van der Waals surface area (Å²) in [6.07, 6.45) is 0. The van der Waals surface area contributed by atoms with E-state index < -0.39 is 12.0 Å². The molecule has 120 valence electrons. The number of rotatable bonds is 2. The molecule has 2 heterocycles. The Morgan fingerprint density at radius 2 is 2.00 bits per heavy atom. The Kier molecular flexibility index (Phi) is 4.08. The van der Waals surface area contributed by atoms with Crippen LogP contribution in [0.4, 0.5) is 5.82 Å². The van der Waals surface area contributed by atoms with Gasteiger partial charge in [-0.05, 0) is 31.5 Å². The highest BCUT2D eigenvalue weighted by Crippen LogP contribution is 2.38. The lowest BCUT2D eigenvalue weighted by Gasteiger charge is -2.29. The second kappa shape index (κ2) is 5.91. The number of ether oxygens (including phenoxy) is 1. The Hall–Kier alpha value is -1.98. The third kappa shape index (κ3) is 2.71. The van der Waals surface area contributed by atoms with Crippen LogP contribution in [0.15, 0.2) is 35.5 Å². The molecule has 7 heteroatoms. The highest BCUT2D eigenvalue weighted by molar-refractivity contribution is 6.42. The molecule has 0 saturated carbocycles. The van der Waals surface area contributed by atoms with Gasteiger partial charge in [0.2, 0.25) is 0 Å². The minimum absolute atomic E-state index is 0.412. The summed E-state index contributed by atoms with van der Waals surface area (Å²) in [5, 5.41) is 8.58. The molecule has 0 saturated heterocycles.